The molecule has 0 aromatic heterocycles. The molecule has 3 rings (SSSR count). The van der Waals surface area contributed by atoms with Gasteiger partial charge in [-0.1, -0.05) is 321 Å². The number of aliphatic hydroxyl groups is 11. The van der Waals surface area contributed by atoms with Gasteiger partial charge in [-0.25, -0.2) is 0 Å². The number of aliphatic hydroxyl groups excluding tert-OH is 11. The van der Waals surface area contributed by atoms with Gasteiger partial charge in [-0.15, -0.1) is 0 Å². The highest BCUT2D eigenvalue weighted by atomic mass is 16.8. The lowest BCUT2D eigenvalue weighted by molar-refractivity contribution is -0.379. The van der Waals surface area contributed by atoms with Crippen molar-refractivity contribution in [1.29, 1.82) is 0 Å². The molecule has 0 radical (unpaired) electrons. The number of hydrogen-bond donors (Lipinski definition) is 12. The molecular formula is C78H147NO18. The summed E-state index contributed by atoms with van der Waals surface area (Å²) >= 11 is 0. The van der Waals surface area contributed by atoms with Crippen molar-refractivity contribution in [2.75, 3.05) is 26.4 Å². The predicted molar refractivity (Wildman–Crippen MR) is 383 cm³/mol. The van der Waals surface area contributed by atoms with Gasteiger partial charge in [-0.3, -0.25) is 4.79 Å². The van der Waals surface area contributed by atoms with Crippen molar-refractivity contribution in [3.8, 4) is 0 Å². The predicted octanol–water partition coefficient (Wildman–Crippen LogP) is 13.0. The molecule has 3 aliphatic rings. The first-order valence-electron chi connectivity index (χ1n) is 40.1. The Bertz CT molecular complexity index is 1850. The Balaban J connectivity index is 1.39. The zero-order valence-corrected chi connectivity index (χ0v) is 61.1. The summed E-state index contributed by atoms with van der Waals surface area (Å²) in [6.07, 6.45) is 44.6. The van der Waals surface area contributed by atoms with Crippen LogP contribution in [0.2, 0.25) is 0 Å². The molecule has 0 bridgehead atoms. The van der Waals surface area contributed by atoms with Gasteiger partial charge in [0.15, 0.2) is 18.9 Å². The van der Waals surface area contributed by atoms with Crippen molar-refractivity contribution >= 4 is 5.91 Å². The molecule has 0 saturated carbocycles. The fourth-order valence-electron chi connectivity index (χ4n) is 13.8. The van der Waals surface area contributed by atoms with Gasteiger partial charge in [0.1, 0.15) is 73.2 Å². The molecule has 3 saturated heterocycles. The number of ether oxygens (including phenoxy) is 6. The lowest BCUT2D eigenvalue weighted by Gasteiger charge is -2.48. The Morgan fingerprint density at radius 2 is 0.660 bits per heavy atom. The van der Waals surface area contributed by atoms with Gasteiger partial charge < -0.3 is 89.9 Å². The summed E-state index contributed by atoms with van der Waals surface area (Å²) in [4.78, 5) is 13.5. The summed E-state index contributed by atoms with van der Waals surface area (Å²) in [5, 5.41) is 121. The van der Waals surface area contributed by atoms with E-state index in [4.69, 9.17) is 28.4 Å². The molecule has 3 aliphatic heterocycles. The van der Waals surface area contributed by atoms with Gasteiger partial charge in [0.05, 0.1) is 38.6 Å². The molecular weight excluding hydrogens is 1240 g/mol. The monoisotopic (exact) mass is 1390 g/mol. The molecule has 3 heterocycles. The quantitative estimate of drug-likeness (QED) is 0.0199. The third-order valence-corrected chi connectivity index (χ3v) is 20.3. The first kappa shape index (κ1) is 89.5. The highest BCUT2D eigenvalue weighted by Crippen LogP contribution is 2.33. The fourth-order valence-corrected chi connectivity index (χ4v) is 13.8. The summed E-state index contributed by atoms with van der Waals surface area (Å²) < 4.78 is 34.4. The van der Waals surface area contributed by atoms with Crippen molar-refractivity contribution in [3.63, 3.8) is 0 Å². The van der Waals surface area contributed by atoms with Crippen molar-refractivity contribution in [2.45, 2.75) is 439 Å². The molecule has 97 heavy (non-hydrogen) atoms. The number of hydrogen-bond acceptors (Lipinski definition) is 18. The zero-order valence-electron chi connectivity index (χ0n) is 61.1. The molecule has 0 aromatic rings. The summed E-state index contributed by atoms with van der Waals surface area (Å²) in [6, 6.07) is -0.988. The smallest absolute Gasteiger partial charge is 0.220 e. The average Bonchev–Trinajstić information content (AvgIpc) is 0.826. The third-order valence-electron chi connectivity index (χ3n) is 20.3. The van der Waals surface area contributed by atoms with Crippen LogP contribution in [0.5, 0.6) is 0 Å². The maximum Gasteiger partial charge on any atom is 0.220 e. The van der Waals surface area contributed by atoms with Gasteiger partial charge in [-0.2, -0.15) is 0 Å². The Hall–Kier alpha value is -1.73. The van der Waals surface area contributed by atoms with Crippen molar-refractivity contribution < 1.29 is 89.4 Å². The second kappa shape index (κ2) is 59.6. The van der Waals surface area contributed by atoms with Crippen LogP contribution < -0.4 is 5.32 Å². The Morgan fingerprint density at radius 1 is 0.361 bits per heavy atom. The van der Waals surface area contributed by atoms with Crippen LogP contribution in [-0.2, 0) is 33.2 Å². The Kier molecular flexibility index (Phi) is 55.0. The summed E-state index contributed by atoms with van der Waals surface area (Å²) in [7, 11) is 0. The number of carbonyl (C=O) groups excluding carboxylic acids is 1. The first-order chi connectivity index (χ1) is 47.3. The third kappa shape index (κ3) is 40.2. The van der Waals surface area contributed by atoms with E-state index in [0.717, 1.165) is 38.5 Å². The van der Waals surface area contributed by atoms with E-state index >= 15 is 0 Å². The minimum atomic E-state index is -1.98. The maximum atomic E-state index is 13.5. The standard InChI is InChI=1S/C78H147NO18/c1-3-5-7-9-11-13-15-17-19-21-23-25-27-28-29-30-31-32-33-34-35-37-39-41-43-45-47-49-51-53-55-62(83)61(79-66(84)56-54-52-50-48-46-44-42-40-38-36-26-24-22-20-18-16-14-12-10-8-6-4-2)60-92-76-72(90)69(87)74(64(58-81)94-76)97-78-73(91)70(88)75(65(59-82)95-78)96-77-71(89)68(86)67(85)63(57-80)93-77/h45,47,53,55,61-65,67-78,80-83,85-91H,3-44,46,48-52,54,56-60H2,1-2H3,(H,79,84)/b47-45+,55-53+. The van der Waals surface area contributed by atoms with E-state index in [0.29, 0.717) is 12.8 Å². The molecule has 17 atom stereocenters. The van der Waals surface area contributed by atoms with E-state index in [-0.39, 0.29) is 18.9 Å². The second-order valence-electron chi connectivity index (χ2n) is 28.9. The average molecular weight is 1390 g/mol. The largest absolute Gasteiger partial charge is 0.394 e. The molecule has 0 aromatic carbocycles. The van der Waals surface area contributed by atoms with Gasteiger partial charge in [-0.05, 0) is 32.1 Å². The lowest BCUT2D eigenvalue weighted by atomic mass is 9.96. The van der Waals surface area contributed by atoms with Crippen LogP contribution in [0.3, 0.4) is 0 Å². The summed E-state index contributed by atoms with van der Waals surface area (Å²) in [5.74, 6) is -0.278. The molecule has 19 heteroatoms. The van der Waals surface area contributed by atoms with E-state index in [2.05, 4.69) is 31.3 Å². The minimum absolute atomic E-state index is 0.241. The molecule has 1 amide bonds. The number of nitrogens with one attached hydrogen (secondary N) is 1. The second-order valence-corrected chi connectivity index (χ2v) is 28.9. The molecule has 0 spiro atoms. The summed E-state index contributed by atoms with van der Waals surface area (Å²) in [5.41, 5.74) is 0. The number of amides is 1. The minimum Gasteiger partial charge on any atom is -0.394 e. The van der Waals surface area contributed by atoms with Crippen LogP contribution in [0.1, 0.15) is 335 Å². The molecule has 17 unspecified atom stereocenters. The normalized spacial score (nSPS) is 27.0. The highest BCUT2D eigenvalue weighted by Gasteiger charge is 2.54. The number of unbranched alkanes of at least 4 members (excludes halogenated alkanes) is 46. The molecule has 12 N–H and O–H groups in total. The SMILES string of the molecule is CCCCCCCCCCCCCCCCCCCCCCCCCC/C=C/CC/C=C/C(O)C(COC1OC(CO)C(OC2OC(CO)C(OC3OC(CO)C(O)C(O)C3O)C(O)C2O)C(O)C1O)NC(=O)CCCCCCCCCCCCCCCCCCCCCCCC. The van der Waals surface area contributed by atoms with Crippen LogP contribution in [-0.4, -0.2) is 193 Å². The van der Waals surface area contributed by atoms with Crippen LogP contribution >= 0.6 is 0 Å². The topological polar surface area (TPSA) is 307 Å². The van der Waals surface area contributed by atoms with Gasteiger partial charge in [0.2, 0.25) is 5.91 Å². The van der Waals surface area contributed by atoms with E-state index in [9.17, 15) is 61.0 Å². The first-order valence-corrected chi connectivity index (χ1v) is 40.1. The lowest BCUT2D eigenvalue weighted by Crippen LogP contribution is -2.66. The maximum absolute atomic E-state index is 13.5. The number of carbonyl (C=O) groups is 1. The Labute approximate surface area is 588 Å². The Morgan fingerprint density at radius 3 is 1.03 bits per heavy atom. The van der Waals surface area contributed by atoms with Crippen LogP contribution in [0.4, 0.5) is 0 Å². The van der Waals surface area contributed by atoms with Gasteiger partial charge >= 0.3 is 0 Å². The summed E-state index contributed by atoms with van der Waals surface area (Å²) in [6.45, 7) is 1.78. The van der Waals surface area contributed by atoms with E-state index < -0.39 is 124 Å². The number of rotatable bonds is 64. The van der Waals surface area contributed by atoms with Gasteiger partial charge in [0.25, 0.3) is 0 Å². The van der Waals surface area contributed by atoms with Crippen molar-refractivity contribution in [2.24, 2.45) is 0 Å². The highest BCUT2D eigenvalue weighted by molar-refractivity contribution is 5.76. The zero-order chi connectivity index (χ0) is 70.4. The number of allylic oxidation sites excluding steroid dienone is 3. The van der Waals surface area contributed by atoms with E-state index in [1.165, 1.54) is 263 Å². The molecule has 572 valence electrons. The van der Waals surface area contributed by atoms with Crippen molar-refractivity contribution in [3.05, 3.63) is 24.3 Å². The molecule has 0 aliphatic carbocycles. The van der Waals surface area contributed by atoms with E-state index in [1.807, 2.05) is 6.08 Å². The van der Waals surface area contributed by atoms with Crippen LogP contribution in [0, 0.1) is 0 Å². The van der Waals surface area contributed by atoms with Crippen LogP contribution in [0.15, 0.2) is 24.3 Å². The molecule has 3 fully saturated rings. The van der Waals surface area contributed by atoms with Gasteiger partial charge in [0, 0.05) is 6.42 Å². The fraction of sp³-hybridized carbons (Fsp3) is 0.936. The van der Waals surface area contributed by atoms with Crippen LogP contribution in [0.25, 0.3) is 0 Å². The van der Waals surface area contributed by atoms with E-state index in [1.54, 1.807) is 6.08 Å². The molecule has 19 nitrogen and oxygen atoms in total. The van der Waals surface area contributed by atoms with Crippen molar-refractivity contribution in [1.82, 2.24) is 5.32 Å².